The van der Waals surface area contributed by atoms with Crippen LogP contribution in [-0.4, -0.2) is 39.1 Å². The molecule has 1 atom stereocenters. The number of methoxy groups -OCH3 is 2. The molecule has 1 aromatic heterocycles. The zero-order valence-electron chi connectivity index (χ0n) is 21.1. The van der Waals surface area contributed by atoms with Gasteiger partial charge in [0, 0.05) is 10.9 Å². The van der Waals surface area contributed by atoms with Gasteiger partial charge in [0.25, 0.3) is 5.91 Å². The predicted molar refractivity (Wildman–Crippen MR) is 139 cm³/mol. The fourth-order valence-electron chi connectivity index (χ4n) is 4.29. The normalized spacial score (nSPS) is 15.4. The second kappa shape index (κ2) is 11.2. The minimum absolute atomic E-state index is 0.143. The van der Waals surface area contributed by atoms with Crippen molar-refractivity contribution in [3.05, 3.63) is 34.2 Å². The molecule has 2 aromatic rings. The van der Waals surface area contributed by atoms with Crippen LogP contribution in [0.3, 0.4) is 0 Å². The SMILES string of the molecule is CCCNCC(=O)Nc1sc2c(c1C(=O)Nc1ccc(OC)cc1OC)CC[C@H](C(C)(C)C)C2. The fraction of sp³-hybridized carbons (Fsp3) is 0.538. The Hall–Kier alpha value is -2.58. The van der Waals surface area contributed by atoms with E-state index >= 15 is 0 Å². The van der Waals surface area contributed by atoms with Crippen molar-refractivity contribution in [2.75, 3.05) is 37.9 Å². The minimum atomic E-state index is -0.244. The molecule has 3 N–H and O–H groups in total. The number of anilines is 2. The highest BCUT2D eigenvalue weighted by molar-refractivity contribution is 7.17. The molecule has 0 saturated heterocycles. The smallest absolute Gasteiger partial charge is 0.259 e. The Kier molecular flexibility index (Phi) is 8.60. The van der Waals surface area contributed by atoms with Crippen LogP contribution in [0.2, 0.25) is 0 Å². The van der Waals surface area contributed by atoms with E-state index in [4.69, 9.17) is 9.47 Å². The molecule has 1 aliphatic carbocycles. The van der Waals surface area contributed by atoms with E-state index in [1.165, 1.54) is 16.2 Å². The summed E-state index contributed by atoms with van der Waals surface area (Å²) in [7, 11) is 3.14. The maximum absolute atomic E-state index is 13.6. The lowest BCUT2D eigenvalue weighted by atomic mass is 9.72. The van der Waals surface area contributed by atoms with Gasteiger partial charge in [-0.2, -0.15) is 0 Å². The maximum atomic E-state index is 13.6. The van der Waals surface area contributed by atoms with Gasteiger partial charge in [-0.3, -0.25) is 9.59 Å². The molecule has 34 heavy (non-hydrogen) atoms. The van der Waals surface area contributed by atoms with Gasteiger partial charge in [0.05, 0.1) is 32.0 Å². The molecule has 0 radical (unpaired) electrons. The van der Waals surface area contributed by atoms with Crippen molar-refractivity contribution >= 4 is 33.8 Å². The quantitative estimate of drug-likeness (QED) is 0.428. The third-order valence-corrected chi connectivity index (χ3v) is 7.51. The van der Waals surface area contributed by atoms with Crippen LogP contribution in [0.15, 0.2) is 18.2 Å². The summed E-state index contributed by atoms with van der Waals surface area (Å²) in [5.74, 6) is 1.30. The summed E-state index contributed by atoms with van der Waals surface area (Å²) in [5.41, 5.74) is 2.36. The van der Waals surface area contributed by atoms with Crippen molar-refractivity contribution in [3.63, 3.8) is 0 Å². The summed E-state index contributed by atoms with van der Waals surface area (Å²) in [6.45, 7) is 9.84. The van der Waals surface area contributed by atoms with Gasteiger partial charge in [0.1, 0.15) is 16.5 Å². The average molecular weight is 488 g/mol. The first-order chi connectivity index (χ1) is 16.2. The molecule has 1 aromatic carbocycles. The van der Waals surface area contributed by atoms with Gasteiger partial charge in [-0.1, -0.05) is 27.7 Å². The second-order valence-electron chi connectivity index (χ2n) is 9.76. The number of carbonyl (C=O) groups excluding carboxylic acids is 2. The van der Waals surface area contributed by atoms with Crippen LogP contribution in [0.25, 0.3) is 0 Å². The topological polar surface area (TPSA) is 88.7 Å². The Morgan fingerprint density at radius 1 is 1.15 bits per heavy atom. The van der Waals surface area contributed by atoms with Crippen molar-refractivity contribution in [1.29, 1.82) is 0 Å². The molecule has 0 saturated carbocycles. The van der Waals surface area contributed by atoms with Crippen LogP contribution in [0.4, 0.5) is 10.7 Å². The van der Waals surface area contributed by atoms with Crippen LogP contribution in [0.1, 0.15) is 61.3 Å². The first-order valence-electron chi connectivity index (χ1n) is 11.9. The number of amides is 2. The van der Waals surface area contributed by atoms with Gasteiger partial charge in [0.2, 0.25) is 5.91 Å². The molecule has 186 valence electrons. The van der Waals surface area contributed by atoms with Crippen LogP contribution >= 0.6 is 11.3 Å². The Balaban J connectivity index is 1.92. The van der Waals surface area contributed by atoms with E-state index in [9.17, 15) is 9.59 Å². The lowest BCUT2D eigenvalue weighted by Gasteiger charge is -2.33. The summed E-state index contributed by atoms with van der Waals surface area (Å²) in [4.78, 5) is 27.3. The first kappa shape index (κ1) is 26.0. The number of rotatable bonds is 9. The number of fused-ring (bicyclic) bond motifs is 1. The van der Waals surface area contributed by atoms with Gasteiger partial charge < -0.3 is 25.4 Å². The lowest BCUT2D eigenvalue weighted by molar-refractivity contribution is -0.115. The summed E-state index contributed by atoms with van der Waals surface area (Å²) in [6.07, 6.45) is 3.71. The highest BCUT2D eigenvalue weighted by Gasteiger charge is 2.34. The average Bonchev–Trinajstić information content (AvgIpc) is 3.15. The number of hydrogen-bond acceptors (Lipinski definition) is 6. The van der Waals surface area contributed by atoms with Gasteiger partial charge in [-0.15, -0.1) is 11.3 Å². The van der Waals surface area contributed by atoms with E-state index in [-0.39, 0.29) is 23.8 Å². The highest BCUT2D eigenvalue weighted by atomic mass is 32.1. The Labute approximate surface area is 206 Å². The van der Waals surface area contributed by atoms with Crippen molar-refractivity contribution in [2.24, 2.45) is 11.3 Å². The predicted octanol–water partition coefficient (Wildman–Crippen LogP) is 5.11. The molecule has 8 heteroatoms. The summed E-state index contributed by atoms with van der Waals surface area (Å²) in [6, 6.07) is 5.27. The van der Waals surface area contributed by atoms with Gasteiger partial charge in [-0.25, -0.2) is 0 Å². The van der Waals surface area contributed by atoms with Crippen LogP contribution in [0.5, 0.6) is 11.5 Å². The Morgan fingerprint density at radius 2 is 1.91 bits per heavy atom. The van der Waals surface area contributed by atoms with Crippen LogP contribution in [-0.2, 0) is 17.6 Å². The third-order valence-electron chi connectivity index (χ3n) is 6.34. The van der Waals surface area contributed by atoms with Crippen LogP contribution in [0, 0.1) is 11.3 Å². The minimum Gasteiger partial charge on any atom is -0.497 e. The van der Waals surface area contributed by atoms with Crippen molar-refractivity contribution in [3.8, 4) is 11.5 Å². The van der Waals surface area contributed by atoms with E-state index in [0.717, 1.165) is 37.8 Å². The van der Waals surface area contributed by atoms with E-state index in [1.54, 1.807) is 32.4 Å². The number of benzene rings is 1. The summed E-state index contributed by atoms with van der Waals surface area (Å²) >= 11 is 1.53. The number of thiophene rings is 1. The Bertz CT molecular complexity index is 1030. The molecule has 1 aliphatic rings. The zero-order valence-corrected chi connectivity index (χ0v) is 21.9. The van der Waals surface area contributed by atoms with Crippen molar-refractivity contribution < 1.29 is 19.1 Å². The number of carbonyl (C=O) groups is 2. The highest BCUT2D eigenvalue weighted by Crippen LogP contribution is 2.44. The zero-order chi connectivity index (χ0) is 24.9. The maximum Gasteiger partial charge on any atom is 0.259 e. The molecule has 0 unspecified atom stereocenters. The lowest BCUT2D eigenvalue weighted by Crippen LogP contribution is -2.29. The number of ether oxygens (including phenoxy) is 2. The summed E-state index contributed by atoms with van der Waals surface area (Å²) < 4.78 is 10.7. The molecule has 0 spiro atoms. The molecule has 7 nitrogen and oxygen atoms in total. The van der Waals surface area contributed by atoms with Gasteiger partial charge in [-0.05, 0) is 61.3 Å². The van der Waals surface area contributed by atoms with E-state index < -0.39 is 0 Å². The van der Waals surface area contributed by atoms with E-state index in [0.29, 0.717) is 33.7 Å². The molecule has 0 bridgehead atoms. The van der Waals surface area contributed by atoms with Gasteiger partial charge in [0.15, 0.2) is 0 Å². The first-order valence-corrected chi connectivity index (χ1v) is 12.7. The standard InChI is InChI=1S/C26H37N3O4S/c1-7-12-27-15-22(30)29-25-23(18-10-8-16(26(2,3)4)13-21(18)34-25)24(31)28-19-11-9-17(32-5)14-20(19)33-6/h9,11,14,16,27H,7-8,10,12-13,15H2,1-6H3,(H,28,31)(H,29,30)/t16-/m0/s1. The largest absolute Gasteiger partial charge is 0.497 e. The fourth-order valence-corrected chi connectivity index (χ4v) is 5.63. The summed E-state index contributed by atoms with van der Waals surface area (Å²) in [5, 5.41) is 9.73. The molecular formula is C26H37N3O4S. The van der Waals surface area contributed by atoms with Crippen LogP contribution < -0.4 is 25.4 Å². The number of nitrogens with one attached hydrogen (secondary N) is 3. The third kappa shape index (κ3) is 6.10. The molecule has 3 rings (SSSR count). The van der Waals surface area contributed by atoms with Gasteiger partial charge >= 0.3 is 0 Å². The molecular weight excluding hydrogens is 450 g/mol. The monoisotopic (exact) mass is 487 g/mol. The van der Waals surface area contributed by atoms with E-state index in [1.807, 2.05) is 0 Å². The molecule has 0 aliphatic heterocycles. The second-order valence-corrected chi connectivity index (χ2v) is 10.9. The number of hydrogen-bond donors (Lipinski definition) is 3. The van der Waals surface area contributed by atoms with E-state index in [2.05, 4.69) is 43.6 Å². The molecule has 0 fully saturated rings. The van der Waals surface area contributed by atoms with Crippen molar-refractivity contribution in [1.82, 2.24) is 5.32 Å². The van der Waals surface area contributed by atoms with Crippen molar-refractivity contribution in [2.45, 2.75) is 53.4 Å². The Morgan fingerprint density at radius 3 is 2.56 bits per heavy atom. The molecule has 2 amide bonds. The molecule has 1 heterocycles.